The molecular formula is C24H29F2N3O3. The average molecular weight is 446 g/mol. The molecule has 3 atom stereocenters. The lowest BCUT2D eigenvalue weighted by molar-refractivity contribution is -0.122. The van der Waals surface area contributed by atoms with Gasteiger partial charge in [0.15, 0.2) is 0 Å². The fraction of sp³-hybridized carbons (Fsp3) is 0.500. The number of carbonyl (C=O) groups excluding carboxylic acids is 1. The van der Waals surface area contributed by atoms with Gasteiger partial charge in [-0.25, -0.2) is 13.8 Å². The van der Waals surface area contributed by atoms with E-state index in [2.05, 4.69) is 15.2 Å². The van der Waals surface area contributed by atoms with Crippen LogP contribution in [0.25, 0.3) is 0 Å². The van der Waals surface area contributed by atoms with Crippen LogP contribution in [0.5, 0.6) is 11.5 Å². The number of alkyl halides is 2. The molecule has 2 fully saturated rings. The Morgan fingerprint density at radius 1 is 1.25 bits per heavy atom. The topological polar surface area (TPSA) is 63.7 Å². The lowest BCUT2D eigenvalue weighted by Crippen LogP contribution is -2.27. The van der Waals surface area contributed by atoms with Crippen molar-refractivity contribution in [2.75, 3.05) is 31.1 Å². The number of anilines is 1. The van der Waals surface area contributed by atoms with Crippen molar-refractivity contribution in [3.63, 3.8) is 0 Å². The summed E-state index contributed by atoms with van der Waals surface area (Å²) >= 11 is 0. The minimum atomic E-state index is -2.57. The zero-order valence-electron chi connectivity index (χ0n) is 18.4. The summed E-state index contributed by atoms with van der Waals surface area (Å²) in [4.78, 5) is 18.6. The minimum absolute atomic E-state index is 0.0157. The Bertz CT molecular complexity index is 921. The smallest absolute Gasteiger partial charge is 0.255 e. The summed E-state index contributed by atoms with van der Waals surface area (Å²) in [7, 11) is 0. The van der Waals surface area contributed by atoms with Gasteiger partial charge in [-0.15, -0.1) is 0 Å². The molecule has 32 heavy (non-hydrogen) atoms. The highest BCUT2D eigenvalue weighted by molar-refractivity contribution is 5.83. The molecule has 0 bridgehead atoms. The number of carbonyl (C=O) groups is 1. The molecule has 172 valence electrons. The van der Waals surface area contributed by atoms with Gasteiger partial charge in [-0.2, -0.15) is 0 Å². The first kappa shape index (κ1) is 22.3. The van der Waals surface area contributed by atoms with E-state index < -0.39 is 11.8 Å². The van der Waals surface area contributed by atoms with Crippen molar-refractivity contribution < 1.29 is 23.0 Å². The number of rotatable bonds is 9. The largest absolute Gasteiger partial charge is 0.491 e. The van der Waals surface area contributed by atoms with Crippen molar-refractivity contribution in [2.24, 2.45) is 5.92 Å². The van der Waals surface area contributed by atoms with Crippen LogP contribution >= 0.6 is 0 Å². The summed E-state index contributed by atoms with van der Waals surface area (Å²) in [5, 5.41) is 2.84. The number of amides is 1. The zero-order chi connectivity index (χ0) is 22.7. The van der Waals surface area contributed by atoms with E-state index in [9.17, 15) is 13.6 Å². The molecule has 8 heteroatoms. The summed E-state index contributed by atoms with van der Waals surface area (Å²) in [6.07, 6.45) is 2.40. The molecule has 2 aromatic rings. The van der Waals surface area contributed by atoms with E-state index in [1.165, 1.54) is 0 Å². The number of ether oxygens (including phenoxy) is 2. The average Bonchev–Trinajstić information content (AvgIpc) is 3.16. The first-order chi connectivity index (χ1) is 15.4. The number of likely N-dealkylation sites (N-methyl/N-ethyl adjacent to an activating group) is 1. The Kier molecular flexibility index (Phi) is 6.48. The summed E-state index contributed by atoms with van der Waals surface area (Å²) in [6.45, 7) is 5.96. The number of nitrogens with one attached hydrogen (secondary N) is 1. The molecule has 1 aromatic heterocycles. The molecule has 0 spiro atoms. The molecule has 6 nitrogen and oxygen atoms in total. The van der Waals surface area contributed by atoms with Crippen LogP contribution in [0.2, 0.25) is 0 Å². The maximum atomic E-state index is 12.9. The van der Waals surface area contributed by atoms with Crippen molar-refractivity contribution in [2.45, 2.75) is 44.6 Å². The van der Waals surface area contributed by atoms with Crippen molar-refractivity contribution in [3.8, 4) is 11.5 Å². The predicted octanol–water partition coefficient (Wildman–Crippen LogP) is 4.01. The van der Waals surface area contributed by atoms with Gasteiger partial charge in [0.1, 0.15) is 23.4 Å². The Morgan fingerprint density at radius 2 is 1.97 bits per heavy atom. The number of aromatic nitrogens is 1. The molecule has 1 aliphatic carbocycles. The molecule has 2 aliphatic rings. The van der Waals surface area contributed by atoms with E-state index in [1.54, 1.807) is 12.3 Å². The van der Waals surface area contributed by atoms with Crippen LogP contribution in [0.1, 0.15) is 38.2 Å². The van der Waals surface area contributed by atoms with Crippen molar-refractivity contribution in [3.05, 3.63) is 48.2 Å². The lowest BCUT2D eigenvalue weighted by Gasteiger charge is -2.19. The van der Waals surface area contributed by atoms with E-state index in [4.69, 9.17) is 9.47 Å². The normalized spacial score (nSPS) is 22.3. The number of halogens is 2. The van der Waals surface area contributed by atoms with Gasteiger partial charge in [0.05, 0.1) is 31.2 Å². The third kappa shape index (κ3) is 5.29. The number of nitrogens with zero attached hydrogens (tertiary/aromatic N) is 2. The Hall–Kier alpha value is -2.90. The van der Waals surface area contributed by atoms with Crippen LogP contribution < -0.4 is 19.7 Å². The quantitative estimate of drug-likeness (QED) is 0.632. The molecule has 2 unspecified atom stereocenters. The van der Waals surface area contributed by atoms with E-state index >= 15 is 0 Å². The van der Waals surface area contributed by atoms with Gasteiger partial charge in [-0.1, -0.05) is 12.1 Å². The van der Waals surface area contributed by atoms with Crippen LogP contribution in [0.3, 0.4) is 0 Å². The second-order valence-corrected chi connectivity index (χ2v) is 8.49. The van der Waals surface area contributed by atoms with E-state index in [0.29, 0.717) is 18.8 Å². The van der Waals surface area contributed by atoms with Gasteiger partial charge in [0, 0.05) is 25.9 Å². The van der Waals surface area contributed by atoms with Gasteiger partial charge in [-0.3, -0.25) is 4.79 Å². The second kappa shape index (κ2) is 9.30. The van der Waals surface area contributed by atoms with E-state index in [0.717, 1.165) is 30.1 Å². The number of hydrogen-bond acceptors (Lipinski definition) is 5. The highest BCUT2D eigenvalue weighted by Gasteiger charge is 2.57. The molecule has 1 N–H and O–H groups in total. The van der Waals surface area contributed by atoms with Gasteiger partial charge < -0.3 is 19.7 Å². The predicted molar refractivity (Wildman–Crippen MR) is 118 cm³/mol. The summed E-state index contributed by atoms with van der Waals surface area (Å²) in [5.41, 5.74) is 0.952. The van der Waals surface area contributed by atoms with Gasteiger partial charge >= 0.3 is 0 Å². The first-order valence-corrected chi connectivity index (χ1v) is 11.1. The molecule has 1 aliphatic heterocycles. The number of benzene rings is 1. The highest BCUT2D eigenvalue weighted by Crippen LogP contribution is 2.48. The third-order valence-electron chi connectivity index (χ3n) is 6.02. The monoisotopic (exact) mass is 445 g/mol. The Balaban J connectivity index is 1.26. The molecule has 1 aromatic carbocycles. The minimum Gasteiger partial charge on any atom is -0.491 e. The molecule has 1 amide bonds. The standard InChI is InChI=1S/C24H29F2N3O3/c1-3-27-23(30)16(2)17-4-6-19(7-5-17)32-21-10-11-29(14-21)22-9-8-20(13-28-22)31-15-18-12-24(18,25)26/h4-9,13,16,18,21H,3,10-12,14-15H2,1-2H3,(H,27,30)/t16?,18?,21-/m1/s1. The van der Waals surface area contributed by atoms with Crippen LogP contribution in [0.4, 0.5) is 14.6 Å². The van der Waals surface area contributed by atoms with Crippen LogP contribution in [0, 0.1) is 5.92 Å². The maximum absolute atomic E-state index is 12.9. The summed E-state index contributed by atoms with van der Waals surface area (Å²) < 4.78 is 37.4. The molecule has 1 saturated carbocycles. The summed E-state index contributed by atoms with van der Waals surface area (Å²) in [6, 6.07) is 11.3. The van der Waals surface area contributed by atoms with E-state index in [1.807, 2.05) is 44.2 Å². The number of pyridine rings is 1. The molecule has 2 heterocycles. The Morgan fingerprint density at radius 3 is 2.59 bits per heavy atom. The van der Waals surface area contributed by atoms with Crippen molar-refractivity contribution in [1.82, 2.24) is 10.3 Å². The van der Waals surface area contributed by atoms with Gasteiger partial charge in [0.25, 0.3) is 5.92 Å². The van der Waals surface area contributed by atoms with Crippen molar-refractivity contribution in [1.29, 1.82) is 0 Å². The molecule has 1 saturated heterocycles. The van der Waals surface area contributed by atoms with Gasteiger partial charge in [0.2, 0.25) is 5.91 Å². The first-order valence-electron chi connectivity index (χ1n) is 11.1. The van der Waals surface area contributed by atoms with Crippen LogP contribution in [-0.2, 0) is 4.79 Å². The maximum Gasteiger partial charge on any atom is 0.255 e. The highest BCUT2D eigenvalue weighted by atomic mass is 19.3. The van der Waals surface area contributed by atoms with Gasteiger partial charge in [-0.05, 0) is 43.7 Å². The summed E-state index contributed by atoms with van der Waals surface area (Å²) in [5.74, 6) is -1.34. The van der Waals surface area contributed by atoms with Crippen molar-refractivity contribution >= 4 is 11.7 Å². The SMILES string of the molecule is CCNC(=O)C(C)c1ccc(O[C@@H]2CCN(c3ccc(OCC4CC4(F)F)cn3)C2)cc1. The fourth-order valence-corrected chi connectivity index (χ4v) is 3.83. The van der Waals surface area contributed by atoms with Crippen LogP contribution in [-0.4, -0.2) is 49.2 Å². The number of hydrogen-bond donors (Lipinski definition) is 1. The molecule has 4 rings (SSSR count). The molecular weight excluding hydrogens is 416 g/mol. The zero-order valence-corrected chi connectivity index (χ0v) is 18.4. The second-order valence-electron chi connectivity index (χ2n) is 8.49. The molecule has 0 radical (unpaired) electrons. The Labute approximate surface area is 186 Å². The lowest BCUT2D eigenvalue weighted by atomic mass is 10.0. The van der Waals surface area contributed by atoms with E-state index in [-0.39, 0.29) is 31.0 Å². The van der Waals surface area contributed by atoms with Crippen LogP contribution in [0.15, 0.2) is 42.6 Å². The fourth-order valence-electron chi connectivity index (χ4n) is 3.83. The third-order valence-corrected chi connectivity index (χ3v) is 6.02.